The van der Waals surface area contributed by atoms with E-state index in [1.807, 2.05) is 13.0 Å². The van der Waals surface area contributed by atoms with Crippen LogP contribution in [0, 0.1) is 12.8 Å². The molecule has 0 unspecified atom stereocenters. The van der Waals surface area contributed by atoms with E-state index in [1.54, 1.807) is 11.0 Å². The van der Waals surface area contributed by atoms with Crippen molar-refractivity contribution in [3.8, 4) is 5.82 Å². The van der Waals surface area contributed by atoms with E-state index in [9.17, 15) is 4.79 Å². The fourth-order valence-corrected chi connectivity index (χ4v) is 2.45. The fraction of sp³-hybridized carbons (Fsp3) is 0.462. The lowest BCUT2D eigenvalue weighted by Crippen LogP contribution is -2.36. The third-order valence-corrected chi connectivity index (χ3v) is 3.65. The Morgan fingerprint density at radius 3 is 2.57 bits per heavy atom. The smallest absolute Gasteiger partial charge is 0.306 e. The fourth-order valence-electron chi connectivity index (χ4n) is 2.45. The third-order valence-electron chi connectivity index (χ3n) is 3.65. The number of aliphatic carboxylic acids is 1. The second kappa shape index (κ2) is 5.47. The largest absolute Gasteiger partial charge is 0.481 e. The van der Waals surface area contributed by atoms with Crippen LogP contribution in [0.3, 0.4) is 0 Å². The number of carboxylic acid groups (broad SMARTS) is 1. The Hall–Kier alpha value is -2.51. The van der Waals surface area contributed by atoms with Crippen molar-refractivity contribution in [1.29, 1.82) is 0 Å². The van der Waals surface area contributed by atoms with Crippen LogP contribution in [0.25, 0.3) is 5.82 Å². The van der Waals surface area contributed by atoms with Crippen molar-refractivity contribution in [2.24, 2.45) is 5.92 Å². The summed E-state index contributed by atoms with van der Waals surface area (Å²) in [5.74, 6) is 1.16. The van der Waals surface area contributed by atoms with Gasteiger partial charge >= 0.3 is 5.97 Å². The molecule has 1 saturated heterocycles. The van der Waals surface area contributed by atoms with E-state index in [0.29, 0.717) is 37.6 Å². The maximum atomic E-state index is 11.0. The Labute approximate surface area is 121 Å². The predicted octanol–water partition coefficient (Wildman–Crippen LogP) is 0.667. The second-order valence-electron chi connectivity index (χ2n) is 5.07. The van der Waals surface area contributed by atoms with Crippen LogP contribution in [0.1, 0.15) is 18.7 Å². The number of carboxylic acids is 1. The molecule has 0 spiro atoms. The highest BCUT2D eigenvalue weighted by atomic mass is 16.4. The van der Waals surface area contributed by atoms with E-state index in [4.69, 9.17) is 5.11 Å². The monoisotopic (exact) mass is 288 g/mol. The first-order valence-electron chi connectivity index (χ1n) is 6.82. The molecule has 3 rings (SSSR count). The van der Waals surface area contributed by atoms with Crippen LogP contribution in [0.5, 0.6) is 0 Å². The minimum atomic E-state index is -0.712. The normalized spacial score (nSPS) is 16.1. The molecule has 0 radical (unpaired) electrons. The van der Waals surface area contributed by atoms with Gasteiger partial charge in [-0.2, -0.15) is 5.10 Å². The predicted molar refractivity (Wildman–Crippen MR) is 74.3 cm³/mol. The summed E-state index contributed by atoms with van der Waals surface area (Å²) >= 11 is 0. The summed E-state index contributed by atoms with van der Waals surface area (Å²) in [5, 5.41) is 13.2. The van der Waals surface area contributed by atoms with E-state index in [1.165, 1.54) is 6.33 Å². The van der Waals surface area contributed by atoms with Gasteiger partial charge < -0.3 is 10.0 Å². The van der Waals surface area contributed by atoms with Gasteiger partial charge in [-0.1, -0.05) is 0 Å². The molecule has 110 valence electrons. The summed E-state index contributed by atoms with van der Waals surface area (Å²) in [6, 6.07) is 1.84. The Kier molecular flexibility index (Phi) is 3.51. The highest BCUT2D eigenvalue weighted by molar-refractivity contribution is 5.70. The Bertz CT molecular complexity index is 648. The van der Waals surface area contributed by atoms with Gasteiger partial charge in [0, 0.05) is 19.2 Å². The van der Waals surface area contributed by atoms with Gasteiger partial charge in [0.1, 0.15) is 24.3 Å². The van der Waals surface area contributed by atoms with Crippen molar-refractivity contribution in [3.63, 3.8) is 0 Å². The number of piperidine rings is 1. The maximum absolute atomic E-state index is 11.0. The first-order valence-corrected chi connectivity index (χ1v) is 6.82. The zero-order valence-electron chi connectivity index (χ0n) is 11.7. The standard InChI is InChI=1S/C13H16N6O2/c1-9-16-8-19(17-9)12-6-11(14-7-15-12)18-4-2-10(3-5-18)13(20)21/h6-8,10H,2-5H2,1H3,(H,20,21). The molecule has 0 aromatic carbocycles. The third kappa shape index (κ3) is 2.83. The van der Waals surface area contributed by atoms with Gasteiger partial charge in [-0.25, -0.2) is 19.6 Å². The quantitative estimate of drug-likeness (QED) is 0.886. The molecule has 1 fully saturated rings. The van der Waals surface area contributed by atoms with Crippen molar-refractivity contribution in [1.82, 2.24) is 24.7 Å². The van der Waals surface area contributed by atoms with Gasteiger partial charge in [0.25, 0.3) is 0 Å². The Balaban J connectivity index is 1.76. The summed E-state index contributed by atoms with van der Waals surface area (Å²) < 4.78 is 1.60. The molecule has 0 saturated carbocycles. The van der Waals surface area contributed by atoms with Crippen molar-refractivity contribution in [3.05, 3.63) is 24.5 Å². The summed E-state index contributed by atoms with van der Waals surface area (Å²) in [7, 11) is 0. The van der Waals surface area contributed by atoms with Crippen LogP contribution in [0.4, 0.5) is 5.82 Å². The SMILES string of the molecule is Cc1ncn(-c2cc(N3CCC(C(=O)O)CC3)ncn2)n1. The van der Waals surface area contributed by atoms with Gasteiger partial charge in [0.15, 0.2) is 5.82 Å². The summed E-state index contributed by atoms with van der Waals surface area (Å²) in [5.41, 5.74) is 0. The molecule has 0 amide bonds. The van der Waals surface area contributed by atoms with E-state index < -0.39 is 5.97 Å². The minimum Gasteiger partial charge on any atom is -0.481 e. The highest BCUT2D eigenvalue weighted by Crippen LogP contribution is 2.22. The summed E-state index contributed by atoms with van der Waals surface area (Å²) in [6.07, 6.45) is 4.37. The van der Waals surface area contributed by atoms with Gasteiger partial charge in [0.05, 0.1) is 5.92 Å². The molecule has 3 heterocycles. The molecule has 0 aliphatic carbocycles. The summed E-state index contributed by atoms with van der Waals surface area (Å²) in [4.78, 5) is 25.6. The number of carbonyl (C=O) groups is 1. The van der Waals surface area contributed by atoms with Gasteiger partial charge in [-0.15, -0.1) is 0 Å². The summed E-state index contributed by atoms with van der Waals surface area (Å²) in [6.45, 7) is 3.18. The lowest BCUT2D eigenvalue weighted by atomic mass is 9.97. The molecule has 8 heteroatoms. The van der Waals surface area contributed by atoms with Crippen molar-refractivity contribution in [2.45, 2.75) is 19.8 Å². The van der Waals surface area contributed by atoms with Crippen LogP contribution < -0.4 is 4.90 Å². The first kappa shape index (κ1) is 13.5. The van der Waals surface area contributed by atoms with E-state index >= 15 is 0 Å². The van der Waals surface area contributed by atoms with E-state index in [0.717, 1.165) is 5.82 Å². The van der Waals surface area contributed by atoms with Crippen LogP contribution >= 0.6 is 0 Å². The molecule has 0 bridgehead atoms. The number of hydrogen-bond donors (Lipinski definition) is 1. The van der Waals surface area contributed by atoms with Crippen LogP contribution in [0.2, 0.25) is 0 Å². The highest BCUT2D eigenvalue weighted by Gasteiger charge is 2.25. The Morgan fingerprint density at radius 1 is 1.24 bits per heavy atom. The zero-order chi connectivity index (χ0) is 14.8. The number of aromatic nitrogens is 5. The van der Waals surface area contributed by atoms with Crippen molar-refractivity contribution in [2.75, 3.05) is 18.0 Å². The van der Waals surface area contributed by atoms with Gasteiger partial charge in [-0.3, -0.25) is 4.79 Å². The maximum Gasteiger partial charge on any atom is 0.306 e. The lowest BCUT2D eigenvalue weighted by molar-refractivity contribution is -0.142. The molecular formula is C13H16N6O2. The molecule has 2 aromatic heterocycles. The molecule has 1 N–H and O–H groups in total. The van der Waals surface area contributed by atoms with E-state index in [-0.39, 0.29) is 5.92 Å². The zero-order valence-corrected chi connectivity index (χ0v) is 11.7. The van der Waals surface area contributed by atoms with Crippen LogP contribution in [-0.2, 0) is 4.79 Å². The molecule has 8 nitrogen and oxygen atoms in total. The molecule has 21 heavy (non-hydrogen) atoms. The minimum absolute atomic E-state index is 0.250. The van der Waals surface area contributed by atoms with E-state index in [2.05, 4.69) is 25.0 Å². The number of anilines is 1. The average Bonchev–Trinajstić information content (AvgIpc) is 2.94. The van der Waals surface area contributed by atoms with Gasteiger partial charge in [0.2, 0.25) is 0 Å². The van der Waals surface area contributed by atoms with Crippen molar-refractivity contribution < 1.29 is 9.90 Å². The van der Waals surface area contributed by atoms with Gasteiger partial charge in [-0.05, 0) is 19.8 Å². The first-order chi connectivity index (χ1) is 10.1. The number of hydrogen-bond acceptors (Lipinski definition) is 6. The molecule has 1 aliphatic rings. The average molecular weight is 288 g/mol. The van der Waals surface area contributed by atoms with Crippen molar-refractivity contribution >= 4 is 11.8 Å². The molecule has 0 atom stereocenters. The second-order valence-corrected chi connectivity index (χ2v) is 5.07. The molecular weight excluding hydrogens is 272 g/mol. The lowest BCUT2D eigenvalue weighted by Gasteiger charge is -2.30. The number of rotatable bonds is 3. The van der Waals surface area contributed by atoms with Crippen LogP contribution in [0.15, 0.2) is 18.7 Å². The molecule has 2 aromatic rings. The van der Waals surface area contributed by atoms with Crippen LogP contribution in [-0.4, -0.2) is 48.9 Å². The topological polar surface area (TPSA) is 97.0 Å². The molecule has 1 aliphatic heterocycles. The number of nitrogens with zero attached hydrogens (tertiary/aromatic N) is 6. The Morgan fingerprint density at radius 2 is 1.95 bits per heavy atom. The number of aryl methyl sites for hydroxylation is 1.